The second-order valence-corrected chi connectivity index (χ2v) is 1.61. The van der Waals surface area contributed by atoms with Crippen molar-refractivity contribution in [3.8, 4) is 0 Å². The molecule has 4 nitrogen and oxygen atoms in total. The minimum atomic E-state index is -0.316. The van der Waals surface area contributed by atoms with E-state index in [2.05, 4.69) is 21.7 Å². The van der Waals surface area contributed by atoms with Gasteiger partial charge in [0.1, 0.15) is 6.26 Å². The number of hydrogen-bond acceptors (Lipinski definition) is 3. The average Bonchev–Trinajstić information content (AvgIpc) is 2.38. The first-order valence-electron chi connectivity index (χ1n) is 2.63. The van der Waals surface area contributed by atoms with Crippen LogP contribution in [0.3, 0.4) is 0 Å². The van der Waals surface area contributed by atoms with Crippen LogP contribution in [0.15, 0.2) is 28.1 Å². The molecule has 0 aliphatic rings. The first-order chi connectivity index (χ1) is 4.84. The van der Waals surface area contributed by atoms with E-state index in [-0.39, 0.29) is 5.91 Å². The number of nitrogens with one attached hydrogen (secondary N) is 1. The van der Waals surface area contributed by atoms with E-state index in [1.807, 2.05) is 0 Å². The number of hydrazone groups is 1. The van der Waals surface area contributed by atoms with Gasteiger partial charge in [0, 0.05) is 6.72 Å². The Hall–Kier alpha value is -1.58. The molecule has 1 aromatic heterocycles. The van der Waals surface area contributed by atoms with Crippen molar-refractivity contribution in [1.82, 2.24) is 5.43 Å². The molecule has 1 aromatic rings. The normalized spacial score (nSPS) is 8.80. The van der Waals surface area contributed by atoms with Gasteiger partial charge in [-0.1, -0.05) is 0 Å². The minimum Gasteiger partial charge on any atom is -0.472 e. The highest BCUT2D eigenvalue weighted by atomic mass is 16.3. The predicted molar refractivity (Wildman–Crippen MR) is 35.7 cm³/mol. The summed E-state index contributed by atoms with van der Waals surface area (Å²) in [6, 6.07) is 1.54. The molecule has 0 bridgehead atoms. The zero-order chi connectivity index (χ0) is 7.40. The van der Waals surface area contributed by atoms with Gasteiger partial charge in [0.05, 0.1) is 11.8 Å². The Morgan fingerprint density at radius 1 is 1.80 bits per heavy atom. The zero-order valence-corrected chi connectivity index (χ0v) is 5.20. The Balaban J connectivity index is 2.68. The maximum absolute atomic E-state index is 10.8. The molecule has 0 aromatic carbocycles. The van der Waals surface area contributed by atoms with E-state index < -0.39 is 0 Å². The topological polar surface area (TPSA) is 54.6 Å². The number of carbonyl (C=O) groups is 1. The molecule has 0 saturated heterocycles. The minimum absolute atomic E-state index is 0.316. The highest BCUT2D eigenvalue weighted by molar-refractivity contribution is 5.93. The van der Waals surface area contributed by atoms with Crippen LogP contribution < -0.4 is 5.43 Å². The van der Waals surface area contributed by atoms with Crippen LogP contribution in [0, 0.1) is 0 Å². The van der Waals surface area contributed by atoms with Crippen LogP contribution >= 0.6 is 0 Å². The molecule has 52 valence electrons. The highest BCUT2D eigenvalue weighted by Gasteiger charge is 2.02. The number of rotatable bonds is 2. The molecule has 4 heteroatoms. The monoisotopic (exact) mass is 138 g/mol. The molecule has 10 heavy (non-hydrogen) atoms. The quantitative estimate of drug-likeness (QED) is 0.481. The second kappa shape index (κ2) is 2.82. The van der Waals surface area contributed by atoms with Crippen LogP contribution in [0.2, 0.25) is 0 Å². The summed E-state index contributed by atoms with van der Waals surface area (Å²) in [7, 11) is 0. The van der Waals surface area contributed by atoms with E-state index in [0.717, 1.165) is 0 Å². The fraction of sp³-hybridized carbons (Fsp3) is 0. The maximum atomic E-state index is 10.8. The van der Waals surface area contributed by atoms with Gasteiger partial charge in [-0.15, -0.1) is 0 Å². The third-order valence-corrected chi connectivity index (χ3v) is 0.964. The number of hydrogen-bond donors (Lipinski definition) is 1. The van der Waals surface area contributed by atoms with Gasteiger partial charge in [-0.3, -0.25) is 4.79 Å². The van der Waals surface area contributed by atoms with Crippen molar-refractivity contribution in [2.45, 2.75) is 0 Å². The summed E-state index contributed by atoms with van der Waals surface area (Å²) in [6.07, 6.45) is 2.75. The van der Waals surface area contributed by atoms with E-state index in [0.29, 0.717) is 5.56 Å². The summed E-state index contributed by atoms with van der Waals surface area (Å²) in [5, 5.41) is 3.20. The van der Waals surface area contributed by atoms with Crippen molar-refractivity contribution in [1.29, 1.82) is 0 Å². The predicted octanol–water partition coefficient (Wildman–Crippen LogP) is 0.625. The molecule has 0 spiro atoms. The lowest BCUT2D eigenvalue weighted by Gasteiger charge is -1.90. The van der Waals surface area contributed by atoms with Crippen LogP contribution in [-0.2, 0) is 0 Å². The van der Waals surface area contributed by atoms with Gasteiger partial charge >= 0.3 is 0 Å². The molecule has 0 radical (unpaired) electrons. The Morgan fingerprint density at radius 2 is 2.60 bits per heavy atom. The number of furan rings is 1. The van der Waals surface area contributed by atoms with Crippen LogP contribution in [0.5, 0.6) is 0 Å². The van der Waals surface area contributed by atoms with Gasteiger partial charge in [0.15, 0.2) is 0 Å². The lowest BCUT2D eigenvalue weighted by Crippen LogP contribution is -2.15. The fourth-order valence-corrected chi connectivity index (χ4v) is 0.530. The molecular weight excluding hydrogens is 132 g/mol. The molecule has 1 rings (SSSR count). The Labute approximate surface area is 57.5 Å². The third kappa shape index (κ3) is 1.22. The van der Waals surface area contributed by atoms with Crippen LogP contribution in [-0.4, -0.2) is 12.6 Å². The van der Waals surface area contributed by atoms with Crippen LogP contribution in [0.4, 0.5) is 0 Å². The standard InChI is InChI=1S/C6H6N2O2/c1-7-8-6(9)5-2-3-10-4-5/h2-4H,1H2,(H,8,9). The molecule has 0 saturated carbocycles. The largest absolute Gasteiger partial charge is 0.472 e. The van der Waals surface area contributed by atoms with Gasteiger partial charge in [0.25, 0.3) is 5.91 Å². The first-order valence-corrected chi connectivity index (χ1v) is 2.63. The smallest absolute Gasteiger partial charge is 0.274 e. The van der Waals surface area contributed by atoms with Crippen molar-refractivity contribution in [3.05, 3.63) is 24.2 Å². The van der Waals surface area contributed by atoms with Gasteiger partial charge in [-0.2, -0.15) is 5.10 Å². The molecule has 0 aliphatic heterocycles. The summed E-state index contributed by atoms with van der Waals surface area (Å²) in [6.45, 7) is 3.10. The van der Waals surface area contributed by atoms with E-state index in [9.17, 15) is 4.79 Å². The second-order valence-electron chi connectivity index (χ2n) is 1.61. The van der Waals surface area contributed by atoms with Crippen molar-refractivity contribution < 1.29 is 9.21 Å². The van der Waals surface area contributed by atoms with Crippen molar-refractivity contribution in [3.63, 3.8) is 0 Å². The Bertz CT molecular complexity index is 228. The molecule has 1 heterocycles. The van der Waals surface area contributed by atoms with Crippen LogP contribution in [0.1, 0.15) is 10.4 Å². The molecule has 0 fully saturated rings. The summed E-state index contributed by atoms with van der Waals surface area (Å²) in [5.74, 6) is -0.316. The Kier molecular flexibility index (Phi) is 1.84. The van der Waals surface area contributed by atoms with Gasteiger partial charge in [0.2, 0.25) is 0 Å². The molecular formula is C6H6N2O2. The molecule has 1 N–H and O–H groups in total. The highest BCUT2D eigenvalue weighted by Crippen LogP contribution is 1.98. The summed E-state index contributed by atoms with van der Waals surface area (Å²) in [4.78, 5) is 10.8. The van der Waals surface area contributed by atoms with Gasteiger partial charge < -0.3 is 4.42 Å². The molecule has 1 amide bonds. The van der Waals surface area contributed by atoms with E-state index >= 15 is 0 Å². The molecule has 0 atom stereocenters. The van der Waals surface area contributed by atoms with Crippen molar-refractivity contribution in [2.75, 3.05) is 0 Å². The van der Waals surface area contributed by atoms with Crippen LogP contribution in [0.25, 0.3) is 0 Å². The lowest BCUT2D eigenvalue weighted by molar-refractivity contribution is 0.0954. The van der Waals surface area contributed by atoms with Crippen molar-refractivity contribution in [2.24, 2.45) is 5.10 Å². The summed E-state index contributed by atoms with van der Waals surface area (Å²) < 4.78 is 4.66. The first kappa shape index (κ1) is 6.54. The van der Waals surface area contributed by atoms with Gasteiger partial charge in [-0.05, 0) is 6.07 Å². The van der Waals surface area contributed by atoms with Crippen molar-refractivity contribution >= 4 is 12.6 Å². The SMILES string of the molecule is C=NNC(=O)c1ccoc1. The summed E-state index contributed by atoms with van der Waals surface area (Å²) in [5.41, 5.74) is 2.60. The number of carbonyl (C=O) groups excluding carboxylic acids is 1. The van der Waals surface area contributed by atoms with E-state index in [4.69, 9.17) is 0 Å². The lowest BCUT2D eigenvalue weighted by atomic mass is 10.3. The fourth-order valence-electron chi connectivity index (χ4n) is 0.530. The Morgan fingerprint density at radius 3 is 3.10 bits per heavy atom. The zero-order valence-electron chi connectivity index (χ0n) is 5.20. The number of amides is 1. The van der Waals surface area contributed by atoms with Gasteiger partial charge in [-0.25, -0.2) is 5.43 Å². The number of nitrogens with zero attached hydrogens (tertiary/aromatic N) is 1. The third-order valence-electron chi connectivity index (χ3n) is 0.964. The maximum Gasteiger partial charge on any atom is 0.274 e. The van der Waals surface area contributed by atoms with E-state index in [1.54, 1.807) is 6.07 Å². The molecule has 0 unspecified atom stereocenters. The molecule has 0 aliphatic carbocycles. The average molecular weight is 138 g/mol. The van der Waals surface area contributed by atoms with E-state index in [1.165, 1.54) is 12.5 Å². The summed E-state index contributed by atoms with van der Waals surface area (Å²) >= 11 is 0.